The van der Waals surface area contributed by atoms with Crippen LogP contribution in [0.1, 0.15) is 15.5 Å². The van der Waals surface area contributed by atoms with Crippen molar-refractivity contribution in [3.8, 4) is 0 Å². The molecular formula is C12H12FN3O3S2. The van der Waals surface area contributed by atoms with Crippen molar-refractivity contribution in [2.75, 3.05) is 11.6 Å². The highest BCUT2D eigenvalue weighted by Gasteiger charge is 2.15. The van der Waals surface area contributed by atoms with Crippen LogP contribution >= 0.6 is 11.3 Å². The smallest absolute Gasteiger partial charge is 0.275 e. The maximum absolute atomic E-state index is 13.7. The topological polar surface area (TPSA) is 102 Å². The molecule has 9 heteroatoms. The lowest BCUT2D eigenvalue weighted by atomic mass is 10.3. The summed E-state index contributed by atoms with van der Waals surface area (Å²) in [7, 11) is -3.49. The molecule has 0 aliphatic rings. The Hall–Kier alpha value is -1.84. The van der Waals surface area contributed by atoms with E-state index in [4.69, 9.17) is 5.73 Å². The Morgan fingerprint density at radius 1 is 1.48 bits per heavy atom. The van der Waals surface area contributed by atoms with Gasteiger partial charge in [-0.3, -0.25) is 4.79 Å². The molecule has 1 aromatic carbocycles. The largest absolute Gasteiger partial charge is 0.325 e. The minimum atomic E-state index is -3.49. The first-order valence-corrected chi connectivity index (χ1v) is 8.54. The predicted octanol–water partition coefficient (Wildman–Crippen LogP) is 1.40. The van der Waals surface area contributed by atoms with Crippen molar-refractivity contribution in [1.82, 2.24) is 4.98 Å². The van der Waals surface area contributed by atoms with Crippen LogP contribution in [0.15, 0.2) is 28.5 Å². The van der Waals surface area contributed by atoms with Crippen LogP contribution in [0.25, 0.3) is 0 Å². The third-order valence-corrected chi connectivity index (χ3v) is 4.55. The zero-order chi connectivity index (χ0) is 15.6. The molecule has 0 saturated heterocycles. The van der Waals surface area contributed by atoms with E-state index < -0.39 is 21.6 Å². The molecule has 0 bridgehead atoms. The number of carbonyl (C=O) groups excluding carboxylic acids is 1. The fourth-order valence-electron chi connectivity index (χ4n) is 1.53. The number of halogens is 1. The molecule has 0 atom stereocenters. The molecule has 6 nitrogen and oxygen atoms in total. The van der Waals surface area contributed by atoms with Gasteiger partial charge in [-0.15, -0.1) is 11.3 Å². The Kier molecular flexibility index (Phi) is 4.35. The number of rotatable bonds is 4. The molecule has 0 radical (unpaired) electrons. The van der Waals surface area contributed by atoms with Gasteiger partial charge in [-0.2, -0.15) is 0 Å². The van der Waals surface area contributed by atoms with Crippen LogP contribution in [-0.2, 0) is 16.4 Å². The summed E-state index contributed by atoms with van der Waals surface area (Å²) in [6, 6.07) is 3.19. The van der Waals surface area contributed by atoms with E-state index in [1.54, 1.807) is 0 Å². The minimum absolute atomic E-state index is 0.0832. The van der Waals surface area contributed by atoms with E-state index >= 15 is 0 Å². The molecule has 1 aromatic heterocycles. The number of carbonyl (C=O) groups is 1. The number of nitrogens with one attached hydrogen (secondary N) is 1. The Balaban J connectivity index is 2.28. The summed E-state index contributed by atoms with van der Waals surface area (Å²) < 4.78 is 36.5. The summed E-state index contributed by atoms with van der Waals surface area (Å²) in [5.74, 6) is -1.36. The van der Waals surface area contributed by atoms with Crippen LogP contribution in [0.3, 0.4) is 0 Å². The second kappa shape index (κ2) is 5.88. The summed E-state index contributed by atoms with van der Waals surface area (Å²) in [4.78, 5) is 15.8. The first-order chi connectivity index (χ1) is 9.81. The molecule has 0 unspecified atom stereocenters. The highest BCUT2D eigenvalue weighted by molar-refractivity contribution is 7.90. The predicted molar refractivity (Wildman–Crippen MR) is 77.5 cm³/mol. The lowest BCUT2D eigenvalue weighted by Crippen LogP contribution is -2.14. The van der Waals surface area contributed by atoms with E-state index in [0.717, 1.165) is 24.5 Å². The van der Waals surface area contributed by atoms with Gasteiger partial charge in [-0.25, -0.2) is 17.8 Å². The summed E-state index contributed by atoms with van der Waals surface area (Å²) >= 11 is 1.21. The number of nitrogens with zero attached hydrogens (tertiary/aromatic N) is 1. The van der Waals surface area contributed by atoms with Crippen molar-refractivity contribution in [2.24, 2.45) is 5.73 Å². The van der Waals surface area contributed by atoms with Crippen LogP contribution in [0.2, 0.25) is 0 Å². The fourth-order valence-corrected chi connectivity index (χ4v) is 2.83. The maximum Gasteiger partial charge on any atom is 0.275 e. The van der Waals surface area contributed by atoms with E-state index in [1.807, 2.05) is 0 Å². The fraction of sp³-hybridized carbons (Fsp3) is 0.167. The lowest BCUT2D eigenvalue weighted by Gasteiger charge is -2.07. The van der Waals surface area contributed by atoms with Crippen molar-refractivity contribution in [3.05, 3.63) is 40.1 Å². The van der Waals surface area contributed by atoms with Crippen LogP contribution in [0.4, 0.5) is 10.1 Å². The number of nitrogens with two attached hydrogens (primary N) is 1. The highest BCUT2D eigenvalue weighted by Crippen LogP contribution is 2.20. The van der Waals surface area contributed by atoms with Gasteiger partial charge >= 0.3 is 0 Å². The molecule has 0 spiro atoms. The molecule has 0 saturated carbocycles. The van der Waals surface area contributed by atoms with Crippen LogP contribution in [0.5, 0.6) is 0 Å². The molecule has 2 aromatic rings. The van der Waals surface area contributed by atoms with E-state index in [9.17, 15) is 17.6 Å². The van der Waals surface area contributed by atoms with Crippen molar-refractivity contribution in [1.29, 1.82) is 0 Å². The van der Waals surface area contributed by atoms with Gasteiger partial charge in [0, 0.05) is 18.2 Å². The molecule has 21 heavy (non-hydrogen) atoms. The number of thiazole rings is 1. The van der Waals surface area contributed by atoms with Gasteiger partial charge in [0.2, 0.25) is 0 Å². The van der Waals surface area contributed by atoms with Crippen molar-refractivity contribution in [2.45, 2.75) is 11.4 Å². The van der Waals surface area contributed by atoms with Gasteiger partial charge in [0.15, 0.2) is 9.84 Å². The van der Waals surface area contributed by atoms with Crippen molar-refractivity contribution in [3.63, 3.8) is 0 Å². The second-order valence-electron chi connectivity index (χ2n) is 4.20. The minimum Gasteiger partial charge on any atom is -0.325 e. The maximum atomic E-state index is 13.7. The van der Waals surface area contributed by atoms with Gasteiger partial charge in [0.25, 0.3) is 5.91 Å². The molecule has 0 aliphatic carbocycles. The summed E-state index contributed by atoms with van der Waals surface area (Å²) in [6.07, 6.45) is 1.000. The van der Waals surface area contributed by atoms with Crippen LogP contribution < -0.4 is 11.1 Å². The number of amides is 1. The Bertz CT molecular complexity index is 787. The van der Waals surface area contributed by atoms with E-state index in [0.29, 0.717) is 5.01 Å². The van der Waals surface area contributed by atoms with Crippen molar-refractivity contribution < 1.29 is 17.6 Å². The second-order valence-corrected chi connectivity index (χ2v) is 7.16. The standard InChI is InChI=1S/C12H12FN3O3S2/c1-21(18,19)7-2-3-8(13)9(4-7)16-12(17)10-6-20-11(5-14)15-10/h2-4,6H,5,14H2,1H3,(H,16,17). The molecular weight excluding hydrogens is 317 g/mol. The first kappa shape index (κ1) is 15.5. The number of hydrogen-bond donors (Lipinski definition) is 2. The zero-order valence-electron chi connectivity index (χ0n) is 11.0. The average Bonchev–Trinajstić information content (AvgIpc) is 2.88. The third-order valence-electron chi connectivity index (χ3n) is 2.57. The lowest BCUT2D eigenvalue weighted by molar-refractivity contribution is 0.102. The van der Waals surface area contributed by atoms with Crippen LogP contribution in [0, 0.1) is 5.82 Å². The summed E-state index contributed by atoms with van der Waals surface area (Å²) in [5.41, 5.74) is 5.28. The Morgan fingerprint density at radius 3 is 2.76 bits per heavy atom. The Morgan fingerprint density at radius 2 is 2.19 bits per heavy atom. The Labute approximate surface area is 124 Å². The number of hydrogen-bond acceptors (Lipinski definition) is 6. The summed E-state index contributed by atoms with van der Waals surface area (Å²) in [6.45, 7) is 0.204. The average molecular weight is 329 g/mol. The SMILES string of the molecule is CS(=O)(=O)c1ccc(F)c(NC(=O)c2csc(CN)n2)c1. The van der Waals surface area contributed by atoms with E-state index in [-0.39, 0.29) is 22.8 Å². The molecule has 1 amide bonds. The van der Waals surface area contributed by atoms with Gasteiger partial charge in [0.05, 0.1) is 10.6 Å². The van der Waals surface area contributed by atoms with Gasteiger partial charge in [-0.1, -0.05) is 0 Å². The zero-order valence-corrected chi connectivity index (χ0v) is 12.6. The molecule has 3 N–H and O–H groups in total. The monoisotopic (exact) mass is 329 g/mol. The van der Waals surface area contributed by atoms with Crippen molar-refractivity contribution >= 4 is 32.8 Å². The quantitative estimate of drug-likeness (QED) is 0.825. The molecule has 112 valence electrons. The number of aromatic nitrogens is 1. The van der Waals surface area contributed by atoms with E-state index in [1.165, 1.54) is 16.7 Å². The third kappa shape index (κ3) is 3.63. The van der Waals surface area contributed by atoms with Gasteiger partial charge in [-0.05, 0) is 18.2 Å². The number of sulfone groups is 1. The van der Waals surface area contributed by atoms with Crippen LogP contribution in [-0.4, -0.2) is 25.6 Å². The molecule has 1 heterocycles. The molecule has 0 fully saturated rings. The first-order valence-electron chi connectivity index (χ1n) is 5.76. The summed E-state index contributed by atoms with van der Waals surface area (Å²) in [5, 5.41) is 4.37. The highest BCUT2D eigenvalue weighted by atomic mass is 32.2. The molecule has 0 aliphatic heterocycles. The van der Waals surface area contributed by atoms with Gasteiger partial charge < -0.3 is 11.1 Å². The molecule has 2 rings (SSSR count). The number of benzene rings is 1. The normalized spacial score (nSPS) is 11.4. The van der Waals surface area contributed by atoms with E-state index in [2.05, 4.69) is 10.3 Å². The van der Waals surface area contributed by atoms with Gasteiger partial charge in [0.1, 0.15) is 16.5 Å². The number of anilines is 1.